The summed E-state index contributed by atoms with van der Waals surface area (Å²) in [7, 11) is -2.54. The molecule has 0 bridgehead atoms. The van der Waals surface area contributed by atoms with Gasteiger partial charge in [0.1, 0.15) is 23.8 Å². The lowest BCUT2D eigenvalue weighted by atomic mass is 9.72. The van der Waals surface area contributed by atoms with E-state index in [2.05, 4.69) is 79.6 Å². The number of nitro groups is 1. The van der Waals surface area contributed by atoms with Crippen LogP contribution < -0.4 is 24.4 Å². The Morgan fingerprint density at radius 3 is 2.57 bits per heavy atom. The lowest BCUT2D eigenvalue weighted by molar-refractivity contribution is -0.384. The molecule has 5 aromatic rings. The van der Waals surface area contributed by atoms with Crippen LogP contribution in [0.3, 0.4) is 0 Å². The van der Waals surface area contributed by atoms with Gasteiger partial charge in [0, 0.05) is 105 Å². The van der Waals surface area contributed by atoms with Gasteiger partial charge < -0.3 is 34.5 Å². The van der Waals surface area contributed by atoms with Crippen molar-refractivity contribution >= 4 is 61.2 Å². The van der Waals surface area contributed by atoms with E-state index in [1.807, 2.05) is 18.2 Å². The summed E-state index contributed by atoms with van der Waals surface area (Å²) in [5, 5.41) is 17.2. The highest BCUT2D eigenvalue weighted by molar-refractivity contribution is 7.90. The maximum atomic E-state index is 14.1. The fourth-order valence-corrected chi connectivity index (χ4v) is 10.7. The lowest BCUT2D eigenvalue weighted by Gasteiger charge is -2.39. The number of nitrogens with one attached hydrogen (secondary N) is 3. The summed E-state index contributed by atoms with van der Waals surface area (Å²) in [6.45, 7) is 14.6. The second kappa shape index (κ2) is 19.1. The molecule has 67 heavy (non-hydrogen) atoms. The van der Waals surface area contributed by atoms with Crippen LogP contribution in [0.5, 0.6) is 17.2 Å². The second-order valence-corrected chi connectivity index (χ2v) is 21.3. The Labute approximate surface area is 396 Å². The van der Waals surface area contributed by atoms with Gasteiger partial charge in [-0.3, -0.25) is 19.8 Å². The topological polar surface area (TPSA) is 179 Å². The van der Waals surface area contributed by atoms with Crippen molar-refractivity contribution in [2.45, 2.75) is 63.4 Å². The molecule has 5 heterocycles. The van der Waals surface area contributed by atoms with Crippen LogP contribution in [0.2, 0.25) is 5.02 Å². The molecule has 2 atom stereocenters. The summed E-state index contributed by atoms with van der Waals surface area (Å²) < 4.78 is 42.4. The van der Waals surface area contributed by atoms with Crippen LogP contribution in [0.15, 0.2) is 89.6 Å². The minimum atomic E-state index is -4.66. The average Bonchev–Trinajstić information content (AvgIpc) is 3.78. The van der Waals surface area contributed by atoms with Gasteiger partial charge in [-0.05, 0) is 92.6 Å². The third kappa shape index (κ3) is 10.6. The van der Waals surface area contributed by atoms with Crippen LogP contribution in [0.25, 0.3) is 16.6 Å². The largest absolute Gasteiger partial charge is 0.489 e. The van der Waals surface area contributed by atoms with Gasteiger partial charge in [-0.15, -0.1) is 0 Å². The zero-order chi connectivity index (χ0) is 47.0. The number of carbonyl (C=O) groups is 1. The summed E-state index contributed by atoms with van der Waals surface area (Å²) in [5.74, 6) is -0.486. The van der Waals surface area contributed by atoms with Gasteiger partial charge in [-0.1, -0.05) is 43.2 Å². The number of anilines is 2. The zero-order valence-corrected chi connectivity index (χ0v) is 40.0. The van der Waals surface area contributed by atoms with E-state index in [1.54, 1.807) is 30.5 Å². The van der Waals surface area contributed by atoms with Gasteiger partial charge >= 0.3 is 0 Å². The SMILES string of the molecule is C[C@H]1CN(CC[C@H]2COc3cc(S(=O)(=O)NC(=O)c4ccc(N5CCN(CC6=C(c7ccc(Cl)cc7)CC(C)(C)CC6)CC5)cc4Oc4cnc5[nH]ccc5c4)cc([N+](=O)[O-])c3N2)CCN1C. The van der Waals surface area contributed by atoms with Crippen molar-refractivity contribution in [3.8, 4) is 17.2 Å². The monoisotopic (exact) mass is 951 g/mol. The normalized spacial score (nSPS) is 20.5. The highest BCUT2D eigenvalue weighted by Crippen LogP contribution is 2.44. The molecule has 0 unspecified atom stereocenters. The van der Waals surface area contributed by atoms with Crippen LogP contribution in [-0.2, 0) is 10.0 Å². The van der Waals surface area contributed by atoms with Crippen LogP contribution in [0.1, 0.15) is 62.4 Å². The lowest BCUT2D eigenvalue weighted by Crippen LogP contribution is -2.50. The van der Waals surface area contributed by atoms with Gasteiger partial charge in [0.2, 0.25) is 0 Å². The van der Waals surface area contributed by atoms with Crippen LogP contribution in [0, 0.1) is 15.5 Å². The predicted molar refractivity (Wildman–Crippen MR) is 261 cm³/mol. The van der Waals surface area contributed by atoms with Crippen molar-refractivity contribution in [3.63, 3.8) is 0 Å². The maximum Gasteiger partial charge on any atom is 0.297 e. The molecule has 9 rings (SSSR count). The molecular formula is C49H58ClN9O7S. The molecule has 0 saturated carbocycles. The van der Waals surface area contributed by atoms with Crippen molar-refractivity contribution in [1.29, 1.82) is 0 Å². The first-order valence-electron chi connectivity index (χ1n) is 23.0. The fourth-order valence-electron chi connectivity index (χ4n) is 9.61. The number of likely N-dealkylation sites (N-methyl/N-ethyl adjacent to an activating group) is 1. The molecule has 18 heteroatoms. The van der Waals surface area contributed by atoms with E-state index in [4.69, 9.17) is 21.1 Å². The highest BCUT2D eigenvalue weighted by atomic mass is 35.5. The van der Waals surface area contributed by atoms with Crippen molar-refractivity contribution in [3.05, 3.63) is 111 Å². The summed E-state index contributed by atoms with van der Waals surface area (Å²) in [6, 6.07) is 19.2. The predicted octanol–water partition coefficient (Wildman–Crippen LogP) is 8.02. The number of nitro benzene ring substituents is 1. The van der Waals surface area contributed by atoms with Crippen molar-refractivity contribution in [1.82, 2.24) is 29.4 Å². The number of carbonyl (C=O) groups excluding carboxylic acids is 1. The quantitative estimate of drug-likeness (QED) is 0.0764. The van der Waals surface area contributed by atoms with E-state index in [0.717, 1.165) is 100 Å². The number of nitrogens with zero attached hydrogens (tertiary/aromatic N) is 6. The third-order valence-corrected chi connectivity index (χ3v) is 15.3. The van der Waals surface area contributed by atoms with Crippen molar-refractivity contribution < 1.29 is 27.6 Å². The molecule has 0 radical (unpaired) electrons. The molecule has 2 fully saturated rings. The van der Waals surface area contributed by atoms with E-state index in [0.29, 0.717) is 23.9 Å². The standard InChI is InChI=1S/C49H58ClN9O7S/c1-32-29-56(18-17-55(32)4)16-13-37-31-65-45-26-40(25-43(59(61)62)46(45)53-37)67(63,64)54-48(60)41-10-9-38(24-44(41)66-39-23-34-12-15-51-47(34)52-28-39)58-21-19-57(20-22-58)30-35-11-14-49(2,3)27-42(35)33-5-7-36(50)8-6-33/h5-10,12,15,23-26,28,32,37,53H,11,13-14,16-22,27,29-31H2,1-4H3,(H,51,52)(H,54,60)/t32-,37-/m0/s1. The fraction of sp³-hybridized carbons (Fsp3) is 0.429. The number of aromatic amines is 1. The molecule has 1 amide bonds. The first-order chi connectivity index (χ1) is 32.1. The Hall–Kier alpha value is -5.72. The number of allylic oxidation sites excluding steroid dienone is 1. The molecule has 1 aliphatic carbocycles. The van der Waals surface area contributed by atoms with E-state index in [-0.39, 0.29) is 40.8 Å². The Kier molecular flexibility index (Phi) is 13.2. The molecule has 2 saturated heterocycles. The number of sulfonamides is 1. The number of fused-ring (bicyclic) bond motifs is 2. The van der Waals surface area contributed by atoms with Crippen LogP contribution in [0.4, 0.5) is 17.1 Å². The Bertz CT molecular complexity index is 2810. The number of pyridine rings is 1. The first-order valence-corrected chi connectivity index (χ1v) is 24.8. The molecule has 16 nitrogen and oxygen atoms in total. The molecular weight excluding hydrogens is 894 g/mol. The van der Waals surface area contributed by atoms with Gasteiger partial charge in [0.05, 0.1) is 27.6 Å². The Morgan fingerprint density at radius 2 is 1.81 bits per heavy atom. The van der Waals surface area contributed by atoms with Gasteiger partial charge in [0.15, 0.2) is 11.4 Å². The average molecular weight is 953 g/mol. The van der Waals surface area contributed by atoms with Crippen LogP contribution in [-0.4, -0.2) is 129 Å². The number of rotatable bonds is 13. The number of piperazine rings is 2. The molecule has 3 aliphatic heterocycles. The van der Waals surface area contributed by atoms with Crippen LogP contribution >= 0.6 is 11.6 Å². The molecule has 3 aromatic carbocycles. The number of halogens is 1. The van der Waals surface area contributed by atoms with E-state index in [1.165, 1.54) is 29.0 Å². The smallest absolute Gasteiger partial charge is 0.297 e. The molecule has 0 spiro atoms. The zero-order valence-electron chi connectivity index (χ0n) is 38.4. The van der Waals surface area contributed by atoms with E-state index >= 15 is 0 Å². The number of ether oxygens (including phenoxy) is 2. The first kappa shape index (κ1) is 46.4. The maximum absolute atomic E-state index is 14.1. The molecule has 4 aliphatic rings. The van der Waals surface area contributed by atoms with Crippen molar-refractivity contribution in [2.75, 3.05) is 82.8 Å². The molecule has 3 N–H and O–H groups in total. The van der Waals surface area contributed by atoms with Gasteiger partial charge in [-0.2, -0.15) is 0 Å². The minimum Gasteiger partial charge on any atom is -0.489 e. The number of hydrogen-bond acceptors (Lipinski definition) is 13. The number of benzene rings is 3. The summed E-state index contributed by atoms with van der Waals surface area (Å²) >= 11 is 6.26. The Balaban J connectivity index is 0.919. The molecule has 2 aromatic heterocycles. The second-order valence-electron chi connectivity index (χ2n) is 19.1. The third-order valence-electron chi connectivity index (χ3n) is 13.8. The summed E-state index contributed by atoms with van der Waals surface area (Å²) in [5.41, 5.74) is 5.37. The van der Waals surface area contributed by atoms with Gasteiger partial charge in [-0.25, -0.2) is 18.1 Å². The number of aromatic nitrogens is 2. The number of amides is 1. The number of H-pyrrole nitrogens is 1. The minimum absolute atomic E-state index is 0.0222. The van der Waals surface area contributed by atoms with Crippen molar-refractivity contribution in [2.24, 2.45) is 5.41 Å². The highest BCUT2D eigenvalue weighted by Gasteiger charge is 2.34. The summed E-state index contributed by atoms with van der Waals surface area (Å²) in [4.78, 5) is 42.3. The van der Waals surface area contributed by atoms with E-state index in [9.17, 15) is 23.3 Å². The Morgan fingerprint density at radius 1 is 1.03 bits per heavy atom. The molecule has 354 valence electrons. The van der Waals surface area contributed by atoms with Gasteiger partial charge in [0.25, 0.3) is 21.6 Å². The van der Waals surface area contributed by atoms with E-state index < -0.39 is 31.4 Å². The summed E-state index contributed by atoms with van der Waals surface area (Å²) in [6.07, 6.45) is 7.15. The number of hydrogen-bond donors (Lipinski definition) is 3.